The SMILES string of the molecule is O=C(Nc1ccccc1)c1cc2nc(-c3ccc(Cl)c(Cl)c3)cc(C(F)(F)F)n2n1. The Hall–Kier alpha value is -3.10. The van der Waals surface area contributed by atoms with E-state index < -0.39 is 17.8 Å². The van der Waals surface area contributed by atoms with Crippen molar-refractivity contribution in [3.05, 3.63) is 82.1 Å². The number of nitrogens with one attached hydrogen (secondary N) is 1. The van der Waals surface area contributed by atoms with Gasteiger partial charge in [-0.2, -0.15) is 18.3 Å². The van der Waals surface area contributed by atoms with Crippen molar-refractivity contribution in [2.75, 3.05) is 5.32 Å². The summed E-state index contributed by atoms with van der Waals surface area (Å²) in [6.45, 7) is 0. The summed E-state index contributed by atoms with van der Waals surface area (Å²) in [7, 11) is 0. The standard InChI is InChI=1S/C20H11Cl2F3N4O/c21-13-7-6-11(8-14(13)22)15-9-17(20(23,24)25)29-18(27-15)10-16(28-29)19(30)26-12-4-2-1-3-5-12/h1-10H,(H,26,30). The van der Waals surface area contributed by atoms with Gasteiger partial charge in [-0.25, -0.2) is 9.50 Å². The molecule has 0 unspecified atom stereocenters. The summed E-state index contributed by atoms with van der Waals surface area (Å²) in [4.78, 5) is 16.7. The van der Waals surface area contributed by atoms with Crippen molar-refractivity contribution in [1.29, 1.82) is 0 Å². The van der Waals surface area contributed by atoms with Gasteiger partial charge in [0.05, 0.1) is 15.7 Å². The number of carbonyl (C=O) groups excluding carboxylic acids is 1. The smallest absolute Gasteiger partial charge is 0.321 e. The Labute approximate surface area is 178 Å². The third-order valence-corrected chi connectivity index (χ3v) is 4.94. The van der Waals surface area contributed by atoms with Crippen molar-refractivity contribution >= 4 is 40.4 Å². The highest BCUT2D eigenvalue weighted by Crippen LogP contribution is 2.34. The molecule has 0 bridgehead atoms. The van der Waals surface area contributed by atoms with Gasteiger partial charge in [0.1, 0.15) is 0 Å². The first-order valence-electron chi connectivity index (χ1n) is 8.52. The van der Waals surface area contributed by atoms with Crippen LogP contribution in [0.1, 0.15) is 16.2 Å². The van der Waals surface area contributed by atoms with Gasteiger partial charge in [-0.05, 0) is 30.3 Å². The van der Waals surface area contributed by atoms with Gasteiger partial charge < -0.3 is 5.32 Å². The lowest BCUT2D eigenvalue weighted by Crippen LogP contribution is -2.15. The molecule has 4 aromatic rings. The summed E-state index contributed by atoms with van der Waals surface area (Å²) in [6, 6.07) is 14.9. The fourth-order valence-electron chi connectivity index (χ4n) is 2.81. The zero-order valence-electron chi connectivity index (χ0n) is 14.9. The average molecular weight is 451 g/mol. The fourth-order valence-corrected chi connectivity index (χ4v) is 3.11. The summed E-state index contributed by atoms with van der Waals surface area (Å²) in [5.41, 5.74) is -0.572. The summed E-state index contributed by atoms with van der Waals surface area (Å²) in [6.07, 6.45) is -4.73. The minimum Gasteiger partial charge on any atom is -0.321 e. The molecule has 0 fully saturated rings. The molecule has 0 saturated heterocycles. The molecule has 0 saturated carbocycles. The van der Waals surface area contributed by atoms with Gasteiger partial charge in [0.15, 0.2) is 17.0 Å². The second kappa shape index (κ2) is 7.62. The molecule has 0 radical (unpaired) electrons. The molecule has 5 nitrogen and oxygen atoms in total. The van der Waals surface area contributed by atoms with Gasteiger partial charge in [-0.3, -0.25) is 4.79 Å². The minimum atomic E-state index is -4.73. The van der Waals surface area contributed by atoms with Gasteiger partial charge in [0.2, 0.25) is 0 Å². The van der Waals surface area contributed by atoms with Crippen LogP contribution in [0.25, 0.3) is 16.9 Å². The average Bonchev–Trinajstić information content (AvgIpc) is 3.13. The van der Waals surface area contributed by atoms with Gasteiger partial charge in [-0.1, -0.05) is 47.5 Å². The number of benzene rings is 2. The van der Waals surface area contributed by atoms with Crippen molar-refractivity contribution in [2.24, 2.45) is 0 Å². The summed E-state index contributed by atoms with van der Waals surface area (Å²) in [5.74, 6) is -0.657. The van der Waals surface area contributed by atoms with E-state index in [1.54, 1.807) is 30.3 Å². The van der Waals surface area contributed by atoms with Gasteiger partial charge in [0, 0.05) is 17.3 Å². The Bertz CT molecular complexity index is 1260. The van der Waals surface area contributed by atoms with Crippen LogP contribution in [0.15, 0.2) is 60.7 Å². The maximum atomic E-state index is 13.7. The van der Waals surface area contributed by atoms with Crippen LogP contribution in [-0.4, -0.2) is 20.5 Å². The molecule has 0 spiro atoms. The highest BCUT2D eigenvalue weighted by Gasteiger charge is 2.35. The Morgan fingerprint density at radius 1 is 0.967 bits per heavy atom. The summed E-state index contributed by atoms with van der Waals surface area (Å²) >= 11 is 11.9. The van der Waals surface area contributed by atoms with E-state index in [0.29, 0.717) is 15.8 Å². The summed E-state index contributed by atoms with van der Waals surface area (Å²) < 4.78 is 41.6. The molecule has 1 amide bonds. The summed E-state index contributed by atoms with van der Waals surface area (Å²) in [5, 5.41) is 6.84. The maximum absolute atomic E-state index is 13.7. The lowest BCUT2D eigenvalue weighted by molar-refractivity contribution is -0.142. The molecule has 2 aromatic carbocycles. The quantitative estimate of drug-likeness (QED) is 0.417. The molecule has 0 aliphatic heterocycles. The zero-order valence-corrected chi connectivity index (χ0v) is 16.4. The monoisotopic (exact) mass is 450 g/mol. The number of hydrogen-bond acceptors (Lipinski definition) is 3. The van der Waals surface area contributed by atoms with Crippen LogP contribution in [0.5, 0.6) is 0 Å². The van der Waals surface area contributed by atoms with Crippen LogP contribution in [0.4, 0.5) is 18.9 Å². The van der Waals surface area contributed by atoms with Crippen molar-refractivity contribution in [2.45, 2.75) is 6.18 Å². The molecule has 152 valence electrons. The van der Waals surface area contributed by atoms with Crippen LogP contribution in [0.2, 0.25) is 10.0 Å². The van der Waals surface area contributed by atoms with Crippen molar-refractivity contribution in [3.8, 4) is 11.3 Å². The van der Waals surface area contributed by atoms with Crippen molar-refractivity contribution in [3.63, 3.8) is 0 Å². The van der Waals surface area contributed by atoms with Crippen LogP contribution < -0.4 is 5.32 Å². The maximum Gasteiger partial charge on any atom is 0.433 e. The number of carbonyl (C=O) groups is 1. The zero-order chi connectivity index (χ0) is 21.5. The van der Waals surface area contributed by atoms with Crippen LogP contribution in [0, 0.1) is 0 Å². The van der Waals surface area contributed by atoms with Crippen LogP contribution in [-0.2, 0) is 6.18 Å². The van der Waals surface area contributed by atoms with E-state index in [1.165, 1.54) is 24.3 Å². The van der Waals surface area contributed by atoms with E-state index in [0.717, 1.165) is 6.07 Å². The fraction of sp³-hybridized carbons (Fsp3) is 0.0500. The third kappa shape index (κ3) is 3.96. The minimum absolute atomic E-state index is 0.0170. The number of fused-ring (bicyclic) bond motifs is 1. The molecular weight excluding hydrogens is 440 g/mol. The molecule has 0 aliphatic rings. The predicted octanol–water partition coefficient (Wildman–Crippen LogP) is 5.97. The molecule has 0 aliphatic carbocycles. The number of nitrogens with zero attached hydrogens (tertiary/aromatic N) is 3. The highest BCUT2D eigenvalue weighted by molar-refractivity contribution is 6.42. The number of amides is 1. The Morgan fingerprint density at radius 2 is 1.70 bits per heavy atom. The van der Waals surface area contributed by atoms with Crippen molar-refractivity contribution in [1.82, 2.24) is 14.6 Å². The first-order chi connectivity index (χ1) is 14.2. The molecule has 0 atom stereocenters. The van der Waals surface area contributed by atoms with Crippen LogP contribution in [0.3, 0.4) is 0 Å². The van der Waals surface area contributed by atoms with Crippen molar-refractivity contribution < 1.29 is 18.0 Å². The topological polar surface area (TPSA) is 59.3 Å². The van der Waals surface area contributed by atoms with Gasteiger partial charge in [-0.15, -0.1) is 0 Å². The Morgan fingerprint density at radius 3 is 2.37 bits per heavy atom. The molecule has 10 heteroatoms. The number of hydrogen-bond donors (Lipinski definition) is 1. The molecule has 30 heavy (non-hydrogen) atoms. The second-order valence-electron chi connectivity index (χ2n) is 6.27. The predicted molar refractivity (Wildman–Crippen MR) is 108 cm³/mol. The Balaban J connectivity index is 1.81. The van der Waals surface area contributed by atoms with E-state index in [2.05, 4.69) is 15.4 Å². The van der Waals surface area contributed by atoms with E-state index in [9.17, 15) is 18.0 Å². The first kappa shape index (κ1) is 20.2. The number of para-hydroxylation sites is 1. The second-order valence-corrected chi connectivity index (χ2v) is 7.09. The number of rotatable bonds is 3. The molecule has 2 aromatic heterocycles. The van der Waals surface area contributed by atoms with E-state index in [-0.39, 0.29) is 27.1 Å². The third-order valence-electron chi connectivity index (χ3n) is 4.20. The van der Waals surface area contributed by atoms with E-state index >= 15 is 0 Å². The molecular formula is C20H11Cl2F3N4O. The largest absolute Gasteiger partial charge is 0.433 e. The van der Waals surface area contributed by atoms with Gasteiger partial charge in [0.25, 0.3) is 5.91 Å². The number of aromatic nitrogens is 3. The Kier molecular flexibility index (Phi) is 5.13. The first-order valence-corrected chi connectivity index (χ1v) is 9.28. The number of anilines is 1. The number of halogens is 5. The molecule has 1 N–H and O–H groups in total. The molecule has 4 rings (SSSR count). The lowest BCUT2D eigenvalue weighted by atomic mass is 10.1. The molecule has 2 heterocycles. The normalized spacial score (nSPS) is 11.6. The van der Waals surface area contributed by atoms with E-state index in [4.69, 9.17) is 23.2 Å². The number of alkyl halides is 3. The highest BCUT2D eigenvalue weighted by atomic mass is 35.5. The van der Waals surface area contributed by atoms with E-state index in [1.807, 2.05) is 0 Å². The van der Waals surface area contributed by atoms with Gasteiger partial charge >= 0.3 is 6.18 Å². The van der Waals surface area contributed by atoms with Crippen LogP contribution >= 0.6 is 23.2 Å². The lowest BCUT2D eigenvalue weighted by Gasteiger charge is -2.11.